The molecule has 0 bridgehead atoms. The number of nitrogens with one attached hydrogen (secondary N) is 1. The summed E-state index contributed by atoms with van der Waals surface area (Å²) in [7, 11) is 2.08. The van der Waals surface area contributed by atoms with Gasteiger partial charge in [0, 0.05) is 38.7 Å². The van der Waals surface area contributed by atoms with Gasteiger partial charge in [-0.15, -0.1) is 0 Å². The van der Waals surface area contributed by atoms with Crippen LogP contribution in [0.2, 0.25) is 5.02 Å². The molecule has 1 aromatic carbocycles. The molecule has 5 nitrogen and oxygen atoms in total. The van der Waals surface area contributed by atoms with E-state index in [1.807, 2.05) is 0 Å². The molecule has 0 saturated carbocycles. The lowest BCUT2D eigenvalue weighted by atomic mass is 10.1. The molecule has 0 aromatic heterocycles. The van der Waals surface area contributed by atoms with Crippen molar-refractivity contribution in [3.63, 3.8) is 0 Å². The number of hydrogen-bond donors (Lipinski definition) is 1. The maximum absolute atomic E-state index is 12.3. The number of anilines is 1. The van der Waals surface area contributed by atoms with Gasteiger partial charge in [0.1, 0.15) is 0 Å². The molecule has 1 aromatic rings. The highest BCUT2D eigenvalue weighted by Crippen LogP contribution is 2.23. The lowest BCUT2D eigenvalue weighted by Crippen LogP contribution is -2.46. The first-order valence-electron chi connectivity index (χ1n) is 6.97. The monoisotopic (exact) mass is 309 g/mol. The van der Waals surface area contributed by atoms with Crippen LogP contribution in [-0.4, -0.2) is 61.3 Å². The Kier molecular flexibility index (Phi) is 5.33. The van der Waals surface area contributed by atoms with Crippen LogP contribution >= 0.6 is 11.6 Å². The van der Waals surface area contributed by atoms with Crippen LogP contribution in [0, 0.1) is 0 Å². The molecule has 0 spiro atoms. The smallest absolute Gasteiger partial charge is 0.221 e. The number of carbonyl (C=O) groups is 2. The number of carbonyl (C=O) groups excluding carboxylic acids is 2. The molecule has 1 amide bonds. The molecule has 1 saturated heterocycles. The summed E-state index contributed by atoms with van der Waals surface area (Å²) in [4.78, 5) is 27.9. The van der Waals surface area contributed by atoms with E-state index < -0.39 is 0 Å². The number of Topliss-reactive ketones (excluding diaryl/α,β-unsaturated/α-hetero) is 1. The number of benzene rings is 1. The summed E-state index contributed by atoms with van der Waals surface area (Å²) in [5.74, 6) is -0.164. The van der Waals surface area contributed by atoms with Crippen molar-refractivity contribution in [1.82, 2.24) is 9.80 Å². The maximum Gasteiger partial charge on any atom is 0.221 e. The summed E-state index contributed by atoms with van der Waals surface area (Å²) in [6, 6.07) is 4.98. The van der Waals surface area contributed by atoms with Crippen LogP contribution in [0.5, 0.6) is 0 Å². The van der Waals surface area contributed by atoms with Gasteiger partial charge in [0.05, 0.1) is 17.3 Å². The zero-order chi connectivity index (χ0) is 15.4. The van der Waals surface area contributed by atoms with Crippen molar-refractivity contribution in [2.24, 2.45) is 0 Å². The van der Waals surface area contributed by atoms with Crippen LogP contribution in [0.1, 0.15) is 17.3 Å². The molecule has 0 aliphatic carbocycles. The second-order valence-electron chi connectivity index (χ2n) is 5.38. The van der Waals surface area contributed by atoms with E-state index in [0.29, 0.717) is 22.8 Å². The highest BCUT2D eigenvalue weighted by molar-refractivity contribution is 6.33. The predicted molar refractivity (Wildman–Crippen MR) is 84.0 cm³/mol. The third-order valence-electron chi connectivity index (χ3n) is 3.56. The highest BCUT2D eigenvalue weighted by Gasteiger charge is 2.18. The third-order valence-corrected chi connectivity index (χ3v) is 3.89. The Bertz CT molecular complexity index is 540. The lowest BCUT2D eigenvalue weighted by molar-refractivity contribution is -0.114. The van der Waals surface area contributed by atoms with Crippen molar-refractivity contribution in [3.8, 4) is 0 Å². The van der Waals surface area contributed by atoms with Crippen molar-refractivity contribution in [2.45, 2.75) is 6.92 Å². The molecule has 114 valence electrons. The third kappa shape index (κ3) is 4.52. The number of rotatable bonds is 4. The molecule has 1 fully saturated rings. The molecule has 0 atom stereocenters. The summed E-state index contributed by atoms with van der Waals surface area (Å²) < 4.78 is 0. The van der Waals surface area contributed by atoms with Crippen LogP contribution in [0.25, 0.3) is 0 Å². The molecular formula is C15H20ClN3O2. The minimum Gasteiger partial charge on any atom is -0.325 e. The zero-order valence-electron chi connectivity index (χ0n) is 12.4. The van der Waals surface area contributed by atoms with E-state index in [2.05, 4.69) is 22.2 Å². The Morgan fingerprint density at radius 3 is 2.52 bits per heavy atom. The molecule has 1 aliphatic rings. The number of hydrogen-bond acceptors (Lipinski definition) is 4. The predicted octanol–water partition coefficient (Wildman–Crippen LogP) is 1.73. The topological polar surface area (TPSA) is 52.7 Å². The van der Waals surface area contributed by atoms with Gasteiger partial charge >= 0.3 is 0 Å². The number of likely N-dealkylation sites (N-methyl/N-ethyl adjacent to an activating group) is 1. The fourth-order valence-corrected chi connectivity index (χ4v) is 2.45. The van der Waals surface area contributed by atoms with E-state index in [9.17, 15) is 9.59 Å². The first kappa shape index (κ1) is 15.9. The average molecular weight is 310 g/mol. The van der Waals surface area contributed by atoms with Gasteiger partial charge in [0.2, 0.25) is 5.91 Å². The first-order chi connectivity index (χ1) is 9.95. The molecule has 1 heterocycles. The Labute approximate surface area is 129 Å². The molecule has 2 rings (SSSR count). The molecule has 0 radical (unpaired) electrons. The van der Waals surface area contributed by atoms with Gasteiger partial charge in [-0.25, -0.2) is 0 Å². The van der Waals surface area contributed by atoms with Gasteiger partial charge in [-0.2, -0.15) is 0 Å². The minimum absolute atomic E-state index is 0.0443. The Balaban J connectivity index is 2.03. The molecular weight excluding hydrogens is 290 g/mol. The van der Waals surface area contributed by atoms with Crippen molar-refractivity contribution >= 4 is 29.0 Å². The van der Waals surface area contributed by atoms with Crippen molar-refractivity contribution in [3.05, 3.63) is 28.8 Å². The van der Waals surface area contributed by atoms with E-state index in [4.69, 9.17) is 11.6 Å². The molecule has 21 heavy (non-hydrogen) atoms. The van der Waals surface area contributed by atoms with Crippen LogP contribution in [0.15, 0.2) is 18.2 Å². The Hall–Kier alpha value is -1.43. The number of piperazine rings is 1. The minimum atomic E-state index is -0.208. The zero-order valence-corrected chi connectivity index (χ0v) is 13.1. The van der Waals surface area contributed by atoms with Crippen molar-refractivity contribution in [1.29, 1.82) is 0 Å². The van der Waals surface area contributed by atoms with Crippen LogP contribution in [-0.2, 0) is 4.79 Å². The summed E-state index contributed by atoms with van der Waals surface area (Å²) in [5.41, 5.74) is 1.05. The fourth-order valence-electron chi connectivity index (χ4n) is 2.28. The highest BCUT2D eigenvalue weighted by atomic mass is 35.5. The lowest BCUT2D eigenvalue weighted by Gasteiger charge is -2.31. The molecule has 1 aliphatic heterocycles. The van der Waals surface area contributed by atoms with E-state index in [0.717, 1.165) is 26.2 Å². The van der Waals surface area contributed by atoms with Crippen LogP contribution in [0.3, 0.4) is 0 Å². The van der Waals surface area contributed by atoms with Crippen molar-refractivity contribution < 1.29 is 9.59 Å². The van der Waals surface area contributed by atoms with Gasteiger partial charge in [-0.3, -0.25) is 14.5 Å². The normalized spacial score (nSPS) is 16.7. The Morgan fingerprint density at radius 1 is 1.24 bits per heavy atom. The van der Waals surface area contributed by atoms with E-state index in [1.165, 1.54) is 6.92 Å². The van der Waals surface area contributed by atoms with Crippen molar-refractivity contribution in [2.75, 3.05) is 45.1 Å². The van der Waals surface area contributed by atoms with Gasteiger partial charge < -0.3 is 10.2 Å². The second kappa shape index (κ2) is 7.02. The van der Waals surface area contributed by atoms with E-state index in [-0.39, 0.29) is 11.7 Å². The van der Waals surface area contributed by atoms with Gasteiger partial charge in [-0.1, -0.05) is 11.6 Å². The largest absolute Gasteiger partial charge is 0.325 e. The number of amides is 1. The standard InChI is InChI=1S/C15H20ClN3O2/c1-11(20)17-14-9-12(3-4-13(14)16)15(21)10-19-7-5-18(2)6-8-19/h3-4,9H,5-8,10H2,1-2H3,(H,17,20). The summed E-state index contributed by atoms with van der Waals surface area (Å²) >= 11 is 6.01. The van der Waals surface area contributed by atoms with Gasteiger partial charge in [0.15, 0.2) is 5.78 Å². The SMILES string of the molecule is CC(=O)Nc1cc(C(=O)CN2CCN(C)CC2)ccc1Cl. The second-order valence-corrected chi connectivity index (χ2v) is 5.79. The van der Waals surface area contributed by atoms with E-state index >= 15 is 0 Å². The first-order valence-corrected chi connectivity index (χ1v) is 7.35. The van der Waals surface area contributed by atoms with Gasteiger partial charge in [0.25, 0.3) is 0 Å². The fraction of sp³-hybridized carbons (Fsp3) is 0.467. The maximum atomic E-state index is 12.3. The Morgan fingerprint density at radius 2 is 1.90 bits per heavy atom. The summed E-state index contributed by atoms with van der Waals surface area (Å²) in [6.07, 6.45) is 0. The van der Waals surface area contributed by atoms with Gasteiger partial charge in [-0.05, 0) is 25.2 Å². The summed E-state index contributed by atoms with van der Waals surface area (Å²) in [6.45, 7) is 5.56. The molecule has 0 unspecified atom stereocenters. The van der Waals surface area contributed by atoms with Crippen LogP contribution in [0.4, 0.5) is 5.69 Å². The summed E-state index contributed by atoms with van der Waals surface area (Å²) in [5, 5.41) is 3.07. The average Bonchev–Trinajstić information content (AvgIpc) is 2.43. The number of nitrogens with zero attached hydrogens (tertiary/aromatic N) is 2. The van der Waals surface area contributed by atoms with Crippen LogP contribution < -0.4 is 5.32 Å². The number of halogens is 1. The number of ketones is 1. The van der Waals surface area contributed by atoms with E-state index in [1.54, 1.807) is 18.2 Å². The quantitative estimate of drug-likeness (QED) is 0.861. The molecule has 1 N–H and O–H groups in total. The molecule has 6 heteroatoms.